The molecule has 0 amide bonds. The summed E-state index contributed by atoms with van der Waals surface area (Å²) >= 11 is 6.41. The van der Waals surface area contributed by atoms with Gasteiger partial charge in [-0.05, 0) is 19.4 Å². The molecule has 0 unspecified atom stereocenters. The highest BCUT2D eigenvalue weighted by Crippen LogP contribution is 2.23. The van der Waals surface area contributed by atoms with Crippen LogP contribution in [0.15, 0.2) is 0 Å². The van der Waals surface area contributed by atoms with E-state index in [2.05, 4.69) is 29.2 Å². The second-order valence-corrected chi connectivity index (χ2v) is 5.35. The molecule has 0 spiro atoms. The summed E-state index contributed by atoms with van der Waals surface area (Å²) < 4.78 is 1.94. The third-order valence-electron chi connectivity index (χ3n) is 3.64. The molecule has 0 radical (unpaired) electrons. The Bertz CT molecular complexity index is 398. The van der Waals surface area contributed by atoms with Gasteiger partial charge in [0, 0.05) is 32.7 Å². The van der Waals surface area contributed by atoms with Crippen LogP contribution in [-0.2, 0) is 20.0 Å². The lowest BCUT2D eigenvalue weighted by atomic mass is 10.1. The fraction of sp³-hybridized carbons (Fsp3) is 0.769. The molecular weight excluding hydrogens is 248 g/mol. The summed E-state index contributed by atoms with van der Waals surface area (Å²) in [5.74, 6) is 0. The molecule has 1 fully saturated rings. The van der Waals surface area contributed by atoms with Gasteiger partial charge in [-0.3, -0.25) is 9.58 Å². The van der Waals surface area contributed by atoms with E-state index >= 15 is 0 Å². The first kappa shape index (κ1) is 13.8. The van der Waals surface area contributed by atoms with Crippen LogP contribution >= 0.6 is 11.6 Å². The van der Waals surface area contributed by atoms with Crippen LogP contribution < -0.4 is 5.32 Å². The summed E-state index contributed by atoms with van der Waals surface area (Å²) in [6.07, 6.45) is 2.07. The van der Waals surface area contributed by atoms with Gasteiger partial charge in [-0.2, -0.15) is 5.10 Å². The van der Waals surface area contributed by atoms with Crippen LogP contribution in [0, 0.1) is 0 Å². The van der Waals surface area contributed by atoms with Crippen LogP contribution in [0.25, 0.3) is 0 Å². The lowest BCUT2D eigenvalue weighted by molar-refractivity contribution is 0.134. The third kappa shape index (κ3) is 2.71. The fourth-order valence-electron chi connectivity index (χ4n) is 2.39. The molecule has 0 saturated carbocycles. The smallest absolute Gasteiger partial charge is 0.0863 e. The number of halogens is 1. The predicted molar refractivity (Wildman–Crippen MR) is 75.0 cm³/mol. The van der Waals surface area contributed by atoms with Crippen molar-refractivity contribution in [3.8, 4) is 0 Å². The summed E-state index contributed by atoms with van der Waals surface area (Å²) in [6, 6.07) is 0.654. The minimum absolute atomic E-state index is 0.654. The Balaban J connectivity index is 2.12. The molecule has 18 heavy (non-hydrogen) atoms. The molecule has 2 rings (SSSR count). The number of rotatable bonds is 6. The molecule has 102 valence electrons. The Hall–Kier alpha value is -0.580. The highest BCUT2D eigenvalue weighted by atomic mass is 35.5. The third-order valence-corrected chi connectivity index (χ3v) is 4.08. The van der Waals surface area contributed by atoms with Crippen LogP contribution in [0.2, 0.25) is 5.02 Å². The maximum atomic E-state index is 6.41. The summed E-state index contributed by atoms with van der Waals surface area (Å²) in [5, 5.41) is 8.68. The molecule has 1 N–H and O–H groups in total. The Kier molecular flexibility index (Phi) is 4.65. The van der Waals surface area contributed by atoms with Gasteiger partial charge in [-0.25, -0.2) is 0 Å². The normalized spacial score (nSPS) is 16.3. The first-order valence-electron chi connectivity index (χ1n) is 6.82. The Morgan fingerprint density at radius 3 is 2.61 bits per heavy atom. The molecule has 0 atom stereocenters. The van der Waals surface area contributed by atoms with Crippen LogP contribution in [0.1, 0.15) is 31.7 Å². The average Bonchev–Trinajstić information content (AvgIpc) is 2.54. The summed E-state index contributed by atoms with van der Waals surface area (Å²) in [4.78, 5) is 2.51. The molecule has 1 aliphatic rings. The SMILES string of the molecule is CCCN(Cc1c(Cl)c(CC)nn1C)C1CNC1. The van der Waals surface area contributed by atoms with Gasteiger partial charge in [-0.15, -0.1) is 0 Å². The van der Waals surface area contributed by atoms with Gasteiger partial charge in [0.15, 0.2) is 0 Å². The summed E-state index contributed by atoms with van der Waals surface area (Å²) in [7, 11) is 1.99. The zero-order valence-corrected chi connectivity index (χ0v) is 12.3. The largest absolute Gasteiger partial charge is 0.314 e. The van der Waals surface area contributed by atoms with E-state index in [1.807, 2.05) is 11.7 Å². The Morgan fingerprint density at radius 1 is 1.44 bits per heavy atom. The van der Waals surface area contributed by atoms with Crippen LogP contribution in [-0.4, -0.2) is 40.4 Å². The van der Waals surface area contributed by atoms with E-state index in [1.54, 1.807) is 0 Å². The van der Waals surface area contributed by atoms with Crippen molar-refractivity contribution in [1.29, 1.82) is 0 Å². The number of nitrogens with one attached hydrogen (secondary N) is 1. The second-order valence-electron chi connectivity index (χ2n) is 4.97. The second kappa shape index (κ2) is 6.04. The van der Waals surface area contributed by atoms with Gasteiger partial charge < -0.3 is 5.32 Å². The van der Waals surface area contributed by atoms with Crippen LogP contribution in [0.4, 0.5) is 0 Å². The monoisotopic (exact) mass is 270 g/mol. The minimum atomic E-state index is 0.654. The number of hydrogen-bond acceptors (Lipinski definition) is 3. The van der Waals surface area contributed by atoms with Crippen LogP contribution in [0.5, 0.6) is 0 Å². The lowest BCUT2D eigenvalue weighted by Gasteiger charge is -2.38. The van der Waals surface area contributed by atoms with E-state index in [4.69, 9.17) is 11.6 Å². The predicted octanol–water partition coefficient (Wildman–Crippen LogP) is 1.82. The molecule has 1 aliphatic heterocycles. The highest BCUT2D eigenvalue weighted by molar-refractivity contribution is 6.31. The maximum Gasteiger partial charge on any atom is 0.0863 e. The lowest BCUT2D eigenvalue weighted by Crippen LogP contribution is -2.57. The number of hydrogen-bond donors (Lipinski definition) is 1. The molecule has 5 heteroatoms. The van der Waals surface area contributed by atoms with E-state index < -0.39 is 0 Å². The Morgan fingerprint density at radius 2 is 2.17 bits per heavy atom. The van der Waals surface area contributed by atoms with Gasteiger partial charge >= 0.3 is 0 Å². The van der Waals surface area contributed by atoms with E-state index in [9.17, 15) is 0 Å². The van der Waals surface area contributed by atoms with E-state index in [0.717, 1.165) is 49.0 Å². The number of aryl methyl sites for hydroxylation is 2. The molecule has 4 nitrogen and oxygen atoms in total. The summed E-state index contributed by atoms with van der Waals surface area (Å²) in [5.41, 5.74) is 2.16. The molecule has 1 aromatic rings. The highest BCUT2D eigenvalue weighted by Gasteiger charge is 2.26. The number of aromatic nitrogens is 2. The quantitative estimate of drug-likeness (QED) is 0.856. The summed E-state index contributed by atoms with van der Waals surface area (Å²) in [6.45, 7) is 8.53. The molecule has 2 heterocycles. The number of nitrogens with zero attached hydrogens (tertiary/aromatic N) is 3. The van der Waals surface area contributed by atoms with Gasteiger partial charge in [0.25, 0.3) is 0 Å². The molecule has 0 aliphatic carbocycles. The van der Waals surface area contributed by atoms with Gasteiger partial charge in [0.2, 0.25) is 0 Å². The van der Waals surface area contributed by atoms with Crippen molar-refractivity contribution in [2.45, 2.75) is 39.3 Å². The van der Waals surface area contributed by atoms with E-state index in [0.29, 0.717) is 6.04 Å². The van der Waals surface area contributed by atoms with Gasteiger partial charge in [0.1, 0.15) is 0 Å². The van der Waals surface area contributed by atoms with Crippen molar-refractivity contribution in [3.05, 3.63) is 16.4 Å². The minimum Gasteiger partial charge on any atom is -0.314 e. The Labute approximate surface area is 114 Å². The molecule has 1 saturated heterocycles. The van der Waals surface area contributed by atoms with Crippen molar-refractivity contribution < 1.29 is 0 Å². The molecule has 1 aromatic heterocycles. The maximum absolute atomic E-state index is 6.41. The average molecular weight is 271 g/mol. The first-order valence-corrected chi connectivity index (χ1v) is 7.20. The van der Waals surface area contributed by atoms with Gasteiger partial charge in [-0.1, -0.05) is 25.4 Å². The van der Waals surface area contributed by atoms with Crippen molar-refractivity contribution in [2.24, 2.45) is 7.05 Å². The fourth-order valence-corrected chi connectivity index (χ4v) is 2.75. The first-order chi connectivity index (χ1) is 8.67. The molecule has 0 aromatic carbocycles. The van der Waals surface area contributed by atoms with Gasteiger partial charge in [0.05, 0.1) is 16.4 Å². The van der Waals surface area contributed by atoms with Crippen molar-refractivity contribution in [1.82, 2.24) is 20.0 Å². The van der Waals surface area contributed by atoms with Crippen molar-refractivity contribution in [2.75, 3.05) is 19.6 Å². The van der Waals surface area contributed by atoms with Crippen LogP contribution in [0.3, 0.4) is 0 Å². The topological polar surface area (TPSA) is 33.1 Å². The van der Waals surface area contributed by atoms with Crippen molar-refractivity contribution in [3.63, 3.8) is 0 Å². The zero-order valence-electron chi connectivity index (χ0n) is 11.5. The zero-order chi connectivity index (χ0) is 13.1. The van der Waals surface area contributed by atoms with Crippen molar-refractivity contribution >= 4 is 11.6 Å². The molecule has 0 bridgehead atoms. The van der Waals surface area contributed by atoms with E-state index in [1.165, 1.54) is 6.42 Å². The standard InChI is InChI=1S/C13H23ClN4/c1-4-6-18(10-7-15-8-10)9-12-13(14)11(5-2)16-17(12)3/h10,15H,4-9H2,1-3H3. The molecular formula is C13H23ClN4. The van der Waals surface area contributed by atoms with E-state index in [-0.39, 0.29) is 0 Å².